The summed E-state index contributed by atoms with van der Waals surface area (Å²) < 4.78 is 17.4. The molecular weight excluding hydrogens is 440 g/mol. The fourth-order valence-corrected chi connectivity index (χ4v) is 5.60. The van der Waals surface area contributed by atoms with Gasteiger partial charge >= 0.3 is 0 Å². The van der Waals surface area contributed by atoms with Crippen LogP contribution in [-0.2, 0) is 11.4 Å². The molecule has 0 bridgehead atoms. The lowest BCUT2D eigenvalue weighted by Gasteiger charge is -2.37. The van der Waals surface area contributed by atoms with Crippen LogP contribution in [0.2, 0.25) is 0 Å². The highest BCUT2D eigenvalue weighted by Crippen LogP contribution is 2.42. The quantitative estimate of drug-likeness (QED) is 0.584. The monoisotopic (exact) mass is 462 g/mol. The van der Waals surface area contributed by atoms with Gasteiger partial charge in [-0.1, -0.05) is 24.3 Å². The van der Waals surface area contributed by atoms with Crippen molar-refractivity contribution in [3.63, 3.8) is 0 Å². The second-order valence-electron chi connectivity index (χ2n) is 8.23. The normalized spacial score (nSPS) is 18.7. The van der Waals surface area contributed by atoms with Crippen molar-refractivity contribution in [1.29, 1.82) is 0 Å². The molecule has 33 heavy (non-hydrogen) atoms. The van der Waals surface area contributed by atoms with Gasteiger partial charge in [-0.2, -0.15) is 0 Å². The summed E-state index contributed by atoms with van der Waals surface area (Å²) in [5, 5.41) is 0. The van der Waals surface area contributed by atoms with Crippen LogP contribution >= 0.6 is 11.3 Å². The van der Waals surface area contributed by atoms with Crippen molar-refractivity contribution in [2.24, 2.45) is 0 Å². The maximum absolute atomic E-state index is 13.2. The molecular formula is C25H22N2O5S. The number of hydrogen-bond acceptors (Lipinski definition) is 6. The van der Waals surface area contributed by atoms with Crippen LogP contribution in [0, 0.1) is 0 Å². The summed E-state index contributed by atoms with van der Waals surface area (Å²) in [5.41, 5.74) is 2.08. The molecule has 0 N–H and O–H groups in total. The maximum Gasteiger partial charge on any atom is 0.267 e. The number of rotatable bonds is 2. The number of nitrogens with zero attached hydrogens (tertiary/aromatic N) is 2. The smallest absolute Gasteiger partial charge is 0.267 e. The van der Waals surface area contributed by atoms with E-state index in [2.05, 4.69) is 0 Å². The molecule has 2 amide bonds. The average Bonchev–Trinajstić information content (AvgIpc) is 3.33. The van der Waals surface area contributed by atoms with Gasteiger partial charge in [0.1, 0.15) is 19.0 Å². The van der Waals surface area contributed by atoms with Crippen molar-refractivity contribution in [2.75, 3.05) is 32.8 Å². The Balaban J connectivity index is 1.10. The highest BCUT2D eigenvalue weighted by atomic mass is 32.1. The first-order valence-electron chi connectivity index (χ1n) is 11.0. The van der Waals surface area contributed by atoms with Crippen molar-refractivity contribution < 1.29 is 23.8 Å². The number of hydrogen-bond donors (Lipinski definition) is 0. The molecule has 6 rings (SSSR count). The summed E-state index contributed by atoms with van der Waals surface area (Å²) in [6, 6.07) is 17.2. The molecule has 3 aliphatic rings. The number of ether oxygens (including phenoxy) is 3. The molecule has 3 aliphatic heterocycles. The summed E-state index contributed by atoms with van der Waals surface area (Å²) in [5.74, 6) is 2.00. The Hall–Kier alpha value is -3.52. The Morgan fingerprint density at radius 2 is 1.55 bits per heavy atom. The summed E-state index contributed by atoms with van der Waals surface area (Å²) in [7, 11) is 0. The fourth-order valence-electron chi connectivity index (χ4n) is 4.44. The third-order valence-electron chi connectivity index (χ3n) is 6.20. The lowest BCUT2D eigenvalue weighted by atomic mass is 10.1. The van der Waals surface area contributed by atoms with E-state index < -0.39 is 6.10 Å². The van der Waals surface area contributed by atoms with E-state index in [0.29, 0.717) is 49.2 Å². The van der Waals surface area contributed by atoms with Crippen LogP contribution in [0.1, 0.15) is 15.2 Å². The Bertz CT molecular complexity index is 1230. The first-order chi connectivity index (χ1) is 16.2. The summed E-state index contributed by atoms with van der Waals surface area (Å²) in [4.78, 5) is 31.5. The number of benzene rings is 2. The topological polar surface area (TPSA) is 68.3 Å². The predicted octanol–water partition coefficient (Wildman–Crippen LogP) is 3.43. The number of thiophene rings is 1. The van der Waals surface area contributed by atoms with E-state index in [1.165, 1.54) is 11.3 Å². The minimum absolute atomic E-state index is 0.00478. The van der Waals surface area contributed by atoms with Crippen molar-refractivity contribution in [2.45, 2.75) is 12.7 Å². The minimum atomic E-state index is -0.661. The summed E-state index contributed by atoms with van der Waals surface area (Å²) >= 11 is 1.51. The number of piperazine rings is 1. The predicted molar refractivity (Wildman–Crippen MR) is 123 cm³/mol. The van der Waals surface area contributed by atoms with E-state index >= 15 is 0 Å². The van der Waals surface area contributed by atoms with Crippen LogP contribution in [0.3, 0.4) is 0 Å². The van der Waals surface area contributed by atoms with Crippen molar-refractivity contribution in [3.8, 4) is 27.7 Å². The number of carbonyl (C=O) groups excluding carboxylic acids is 2. The lowest BCUT2D eigenvalue weighted by Crippen LogP contribution is -2.55. The van der Waals surface area contributed by atoms with Crippen LogP contribution in [0.5, 0.6) is 17.2 Å². The molecule has 3 aromatic rings. The van der Waals surface area contributed by atoms with E-state index in [4.69, 9.17) is 14.2 Å². The van der Waals surface area contributed by atoms with Crippen LogP contribution in [0.25, 0.3) is 10.4 Å². The third-order valence-corrected chi connectivity index (χ3v) is 7.40. The largest absolute Gasteiger partial charge is 0.488 e. The molecule has 2 aromatic carbocycles. The zero-order valence-corrected chi connectivity index (χ0v) is 18.7. The Morgan fingerprint density at radius 3 is 2.36 bits per heavy atom. The van der Waals surface area contributed by atoms with E-state index in [-0.39, 0.29) is 18.4 Å². The minimum Gasteiger partial charge on any atom is -0.488 e. The van der Waals surface area contributed by atoms with Gasteiger partial charge in [-0.05, 0) is 30.3 Å². The molecule has 1 atom stereocenters. The van der Waals surface area contributed by atoms with Gasteiger partial charge in [0.25, 0.3) is 11.8 Å². The van der Waals surface area contributed by atoms with Gasteiger partial charge in [-0.15, -0.1) is 11.3 Å². The molecule has 1 fully saturated rings. The van der Waals surface area contributed by atoms with E-state index in [9.17, 15) is 9.59 Å². The lowest BCUT2D eigenvalue weighted by molar-refractivity contribution is -0.142. The first kappa shape index (κ1) is 20.1. The molecule has 0 unspecified atom stereocenters. The molecule has 1 aromatic heterocycles. The van der Waals surface area contributed by atoms with Crippen LogP contribution in [0.15, 0.2) is 54.6 Å². The second-order valence-corrected chi connectivity index (χ2v) is 9.28. The zero-order valence-electron chi connectivity index (χ0n) is 17.9. The van der Waals surface area contributed by atoms with Crippen molar-refractivity contribution in [1.82, 2.24) is 9.80 Å². The molecule has 4 heterocycles. The van der Waals surface area contributed by atoms with E-state index in [0.717, 1.165) is 21.8 Å². The zero-order chi connectivity index (χ0) is 22.4. The van der Waals surface area contributed by atoms with Crippen LogP contribution in [0.4, 0.5) is 0 Å². The van der Waals surface area contributed by atoms with Crippen LogP contribution < -0.4 is 14.2 Å². The van der Waals surface area contributed by atoms with Gasteiger partial charge in [0.05, 0.1) is 4.88 Å². The maximum atomic E-state index is 13.2. The highest BCUT2D eigenvalue weighted by molar-refractivity contribution is 7.17. The molecule has 7 nitrogen and oxygen atoms in total. The summed E-state index contributed by atoms with van der Waals surface area (Å²) in [6.07, 6.45) is -0.661. The highest BCUT2D eigenvalue weighted by Gasteiger charge is 2.34. The van der Waals surface area contributed by atoms with Gasteiger partial charge in [0.2, 0.25) is 6.10 Å². The summed E-state index contributed by atoms with van der Waals surface area (Å²) in [6.45, 7) is 2.60. The second kappa shape index (κ2) is 8.12. The number of carbonyl (C=O) groups is 2. The van der Waals surface area contributed by atoms with Gasteiger partial charge < -0.3 is 24.0 Å². The van der Waals surface area contributed by atoms with E-state index in [1.807, 2.05) is 53.4 Å². The molecule has 0 spiro atoms. The van der Waals surface area contributed by atoms with E-state index in [1.54, 1.807) is 11.0 Å². The average molecular weight is 463 g/mol. The SMILES string of the molecule is O=C(c1cc2c(s1)-c1ccccc1OC2)N1CCN(C(=O)[C@H]2COc3ccccc3O2)CC1. The van der Waals surface area contributed by atoms with Crippen molar-refractivity contribution in [3.05, 3.63) is 65.0 Å². The first-order valence-corrected chi connectivity index (χ1v) is 11.8. The molecule has 168 valence electrons. The molecule has 0 aliphatic carbocycles. The third kappa shape index (κ3) is 3.60. The van der Waals surface area contributed by atoms with Crippen molar-refractivity contribution >= 4 is 23.2 Å². The fraction of sp³-hybridized carbons (Fsp3) is 0.280. The number of para-hydroxylation sites is 3. The Morgan fingerprint density at radius 1 is 0.848 bits per heavy atom. The molecule has 8 heteroatoms. The van der Waals surface area contributed by atoms with Crippen LogP contribution in [-0.4, -0.2) is 60.5 Å². The van der Waals surface area contributed by atoms with Gasteiger partial charge in [0.15, 0.2) is 11.5 Å². The number of amides is 2. The van der Waals surface area contributed by atoms with Gasteiger partial charge in [-0.25, -0.2) is 0 Å². The molecule has 1 saturated heterocycles. The Labute approximate surface area is 195 Å². The molecule has 0 saturated carbocycles. The van der Waals surface area contributed by atoms with Gasteiger partial charge in [-0.3, -0.25) is 9.59 Å². The standard InChI is InChI=1S/C25H22N2O5S/c28-24(21-15-31-19-7-3-4-8-20(19)32-21)26-9-11-27(12-10-26)25(29)22-13-16-14-30-18-6-2-1-5-17(18)23(16)33-22/h1-8,13,21H,9-12,14-15H2/t21-/m1/s1. The van der Waals surface area contributed by atoms with Gasteiger partial charge in [0, 0.05) is 42.2 Å². The number of fused-ring (bicyclic) bond motifs is 4. The molecule has 0 radical (unpaired) electrons. The Kier molecular flexibility index (Phi) is 4.95.